The Hall–Kier alpha value is -1.78. The number of anilines is 1. The first-order valence-corrected chi connectivity index (χ1v) is 12.6. The quantitative estimate of drug-likeness (QED) is 0.346. The zero-order valence-electron chi connectivity index (χ0n) is 16.9. The zero-order chi connectivity index (χ0) is 21.1. The second-order valence-corrected chi connectivity index (χ2v) is 10.8. The number of hydrogen-bond acceptors (Lipinski definition) is 7. The van der Waals surface area contributed by atoms with E-state index in [2.05, 4.69) is 64.9 Å². The molecule has 0 bridgehead atoms. The number of H-pyrrole nitrogens is 1. The summed E-state index contributed by atoms with van der Waals surface area (Å²) in [7, 11) is 2.04. The molecule has 3 N–H and O–H groups in total. The molecule has 0 saturated heterocycles. The number of halogens is 1. The zero-order valence-corrected chi connectivity index (χ0v) is 20.2. The summed E-state index contributed by atoms with van der Waals surface area (Å²) in [6.07, 6.45) is 5.24. The van der Waals surface area contributed by atoms with Gasteiger partial charge in [-0.1, -0.05) is 0 Å². The molecule has 10 heteroatoms. The smallest absolute Gasteiger partial charge is 0.216 e. The Bertz CT molecular complexity index is 964. The minimum absolute atomic E-state index is 0.0257. The number of hydrogen-bond donors (Lipinski definition) is 3. The molecule has 1 amide bonds. The predicted octanol–water partition coefficient (Wildman–Crippen LogP) is 4.33. The van der Waals surface area contributed by atoms with Gasteiger partial charge in [0.2, 0.25) is 5.91 Å². The number of amidine groups is 1. The van der Waals surface area contributed by atoms with Gasteiger partial charge in [-0.2, -0.15) is 5.10 Å². The fraction of sp³-hybridized carbons (Fsp3) is 0.450. The average molecular weight is 509 g/mol. The summed E-state index contributed by atoms with van der Waals surface area (Å²) in [5.41, 5.74) is 1.21. The lowest BCUT2D eigenvalue weighted by Crippen LogP contribution is -2.44. The van der Waals surface area contributed by atoms with Crippen LogP contribution in [-0.4, -0.2) is 52.4 Å². The maximum Gasteiger partial charge on any atom is 0.216 e. The molecule has 0 spiro atoms. The highest BCUT2D eigenvalue weighted by atomic mass is 79.9. The van der Waals surface area contributed by atoms with Gasteiger partial charge in [-0.15, -0.1) is 23.1 Å². The molecule has 160 valence electrons. The van der Waals surface area contributed by atoms with Gasteiger partial charge in [-0.3, -0.25) is 9.89 Å². The summed E-state index contributed by atoms with van der Waals surface area (Å²) in [4.78, 5) is 18.9. The van der Waals surface area contributed by atoms with Crippen LogP contribution in [0.15, 0.2) is 38.1 Å². The van der Waals surface area contributed by atoms with E-state index in [-0.39, 0.29) is 12.1 Å². The van der Waals surface area contributed by atoms with E-state index in [0.29, 0.717) is 5.92 Å². The van der Waals surface area contributed by atoms with Gasteiger partial charge in [0, 0.05) is 50.1 Å². The van der Waals surface area contributed by atoms with Crippen LogP contribution in [0.25, 0.3) is 0 Å². The second kappa shape index (κ2) is 9.57. The Morgan fingerprint density at radius 3 is 3.03 bits per heavy atom. The van der Waals surface area contributed by atoms with E-state index in [4.69, 9.17) is 0 Å². The maximum absolute atomic E-state index is 10.9. The third-order valence-corrected chi connectivity index (χ3v) is 7.96. The molecule has 1 atom stereocenters. The molecule has 1 unspecified atom stereocenters. The highest BCUT2D eigenvalue weighted by Crippen LogP contribution is 2.39. The van der Waals surface area contributed by atoms with Gasteiger partial charge in [-0.25, -0.2) is 4.99 Å². The van der Waals surface area contributed by atoms with Crippen molar-refractivity contribution in [2.45, 2.75) is 42.5 Å². The van der Waals surface area contributed by atoms with Crippen molar-refractivity contribution in [3.05, 3.63) is 39.5 Å². The number of likely N-dealkylation sites (N-methyl/N-ethyl adjacent to an activating group) is 1. The Morgan fingerprint density at radius 1 is 1.43 bits per heavy atom. The van der Waals surface area contributed by atoms with Crippen molar-refractivity contribution in [3.63, 3.8) is 0 Å². The van der Waals surface area contributed by atoms with Gasteiger partial charge in [-0.05, 0) is 47.3 Å². The number of carbonyl (C=O) groups excluding carboxylic acids is 1. The van der Waals surface area contributed by atoms with Gasteiger partial charge in [0.05, 0.1) is 13.6 Å². The Kier molecular flexibility index (Phi) is 6.84. The molecule has 0 radical (unpaired) electrons. The molecule has 2 aromatic rings. The molecule has 4 rings (SSSR count). The monoisotopic (exact) mass is 508 g/mol. The Morgan fingerprint density at radius 2 is 2.27 bits per heavy atom. The van der Waals surface area contributed by atoms with Crippen LogP contribution in [-0.2, 0) is 4.79 Å². The van der Waals surface area contributed by atoms with Crippen molar-refractivity contribution in [3.8, 4) is 0 Å². The Balaban J connectivity index is 1.36. The van der Waals surface area contributed by atoms with Crippen LogP contribution in [0.5, 0.6) is 0 Å². The van der Waals surface area contributed by atoms with E-state index < -0.39 is 0 Å². The van der Waals surface area contributed by atoms with Crippen LogP contribution >= 0.6 is 39.0 Å². The number of aromatic nitrogens is 2. The summed E-state index contributed by atoms with van der Waals surface area (Å²) < 4.78 is 2.22. The number of nitrogens with zero attached hydrogens (tertiary/aromatic N) is 3. The number of carbonyl (C=O) groups is 1. The minimum atomic E-state index is -0.0660. The highest BCUT2D eigenvalue weighted by Gasteiger charge is 2.29. The predicted molar refractivity (Wildman–Crippen MR) is 128 cm³/mol. The minimum Gasteiger partial charge on any atom is -0.356 e. The van der Waals surface area contributed by atoms with Gasteiger partial charge in [0.1, 0.15) is 17.8 Å². The molecule has 30 heavy (non-hydrogen) atoms. The van der Waals surface area contributed by atoms with E-state index >= 15 is 0 Å². The van der Waals surface area contributed by atoms with E-state index in [1.165, 1.54) is 22.7 Å². The summed E-state index contributed by atoms with van der Waals surface area (Å²) in [5, 5.41) is 13.9. The fourth-order valence-electron chi connectivity index (χ4n) is 3.18. The van der Waals surface area contributed by atoms with Crippen LogP contribution in [0.3, 0.4) is 0 Å². The molecule has 1 fully saturated rings. The number of rotatable bonds is 9. The van der Waals surface area contributed by atoms with Crippen molar-refractivity contribution < 1.29 is 4.79 Å². The molecule has 2 aromatic heterocycles. The number of thioether (sulfide) groups is 1. The van der Waals surface area contributed by atoms with Crippen LogP contribution in [0, 0.1) is 0 Å². The molecule has 2 aliphatic rings. The fourth-order valence-corrected chi connectivity index (χ4v) is 5.89. The van der Waals surface area contributed by atoms with Crippen molar-refractivity contribution in [2.24, 2.45) is 4.99 Å². The van der Waals surface area contributed by atoms with Crippen LogP contribution in [0.4, 0.5) is 5.82 Å². The molecule has 7 nitrogen and oxygen atoms in total. The Labute approximate surface area is 192 Å². The van der Waals surface area contributed by atoms with Crippen LogP contribution in [0.2, 0.25) is 0 Å². The topological polar surface area (TPSA) is 85.4 Å². The summed E-state index contributed by atoms with van der Waals surface area (Å²) in [5.74, 6) is 3.43. The standard InChI is InChI=1S/C20H25BrN6OS2/c1-12(28)22-8-3-9-29-18-7-6-16(30-18)20-23-11-14(21)19(27(20)2)24-17-10-15(25-26-17)13-4-5-13/h6-7,10-11,13,19H,3-5,8-9H2,1-2H3,(H,22,28)(H2,24,25,26). The number of amides is 1. The maximum atomic E-state index is 10.9. The summed E-state index contributed by atoms with van der Waals surface area (Å²) >= 11 is 7.20. The summed E-state index contributed by atoms with van der Waals surface area (Å²) in [6.45, 7) is 2.27. The lowest BCUT2D eigenvalue weighted by atomic mass is 10.3. The van der Waals surface area contributed by atoms with Crippen molar-refractivity contribution in [1.82, 2.24) is 20.4 Å². The number of aromatic amines is 1. The van der Waals surface area contributed by atoms with E-state index in [0.717, 1.165) is 39.7 Å². The van der Waals surface area contributed by atoms with Gasteiger partial charge >= 0.3 is 0 Å². The number of nitrogens with one attached hydrogen (secondary N) is 3. The van der Waals surface area contributed by atoms with E-state index in [9.17, 15) is 4.79 Å². The summed E-state index contributed by atoms with van der Waals surface area (Å²) in [6, 6.07) is 6.38. The third kappa shape index (κ3) is 5.28. The van der Waals surface area contributed by atoms with E-state index in [1.807, 2.05) is 25.0 Å². The molecule has 3 heterocycles. The molecular formula is C20H25BrN6OS2. The average Bonchev–Trinajstić information content (AvgIpc) is 3.27. The highest BCUT2D eigenvalue weighted by molar-refractivity contribution is 9.11. The lowest BCUT2D eigenvalue weighted by molar-refractivity contribution is -0.118. The van der Waals surface area contributed by atoms with Crippen molar-refractivity contribution in [2.75, 3.05) is 24.7 Å². The normalized spacial score (nSPS) is 18.8. The molecule has 0 aromatic carbocycles. The number of thiophene rings is 1. The second-order valence-electron chi connectivity index (χ2n) is 7.41. The van der Waals surface area contributed by atoms with Crippen LogP contribution < -0.4 is 10.6 Å². The first-order valence-electron chi connectivity index (χ1n) is 9.96. The molecule has 1 saturated carbocycles. The van der Waals surface area contributed by atoms with Gasteiger partial charge in [0.25, 0.3) is 0 Å². The first-order chi connectivity index (χ1) is 14.5. The van der Waals surface area contributed by atoms with Gasteiger partial charge < -0.3 is 15.5 Å². The SMILES string of the molecule is CC(=O)NCCCSc1ccc(C2=NC=C(Br)C(Nc3cc(C4CC4)[nH]n3)N2C)s1. The molecule has 1 aliphatic carbocycles. The van der Waals surface area contributed by atoms with Gasteiger partial charge in [0.15, 0.2) is 0 Å². The first kappa shape index (κ1) is 21.5. The van der Waals surface area contributed by atoms with Crippen molar-refractivity contribution in [1.29, 1.82) is 0 Å². The molecular weight excluding hydrogens is 484 g/mol. The van der Waals surface area contributed by atoms with Crippen molar-refractivity contribution >= 4 is 56.6 Å². The van der Waals surface area contributed by atoms with E-state index in [1.54, 1.807) is 18.3 Å². The molecule has 1 aliphatic heterocycles. The van der Waals surface area contributed by atoms with Crippen LogP contribution in [0.1, 0.15) is 42.7 Å². The third-order valence-electron chi connectivity index (χ3n) is 4.93. The lowest BCUT2D eigenvalue weighted by Gasteiger charge is -2.33. The number of aliphatic imine (C=N–C) groups is 1. The largest absolute Gasteiger partial charge is 0.356 e.